The van der Waals surface area contributed by atoms with Gasteiger partial charge in [0.2, 0.25) is 0 Å². The predicted octanol–water partition coefficient (Wildman–Crippen LogP) is 2.39. The van der Waals surface area contributed by atoms with E-state index in [9.17, 15) is 4.79 Å². The normalized spacial score (nSPS) is 12.7. The summed E-state index contributed by atoms with van der Waals surface area (Å²) in [6, 6.07) is -0.141. The zero-order chi connectivity index (χ0) is 14.2. The summed E-state index contributed by atoms with van der Waals surface area (Å²) < 4.78 is 2.60. The molecule has 0 aliphatic heterocycles. The topological polar surface area (TPSA) is 73.8 Å². The van der Waals surface area contributed by atoms with E-state index in [0.29, 0.717) is 5.69 Å². The minimum absolute atomic E-state index is 0.0214. The van der Waals surface area contributed by atoms with Crippen molar-refractivity contribution in [1.29, 1.82) is 0 Å². The Morgan fingerprint density at radius 2 is 2.32 bits per heavy atom. The number of halogens is 1. The average Bonchev–Trinajstić information content (AvgIpc) is 2.91. The summed E-state index contributed by atoms with van der Waals surface area (Å²) in [7, 11) is 1.83. The minimum Gasteiger partial charge on any atom is -0.322 e. The fourth-order valence-corrected chi connectivity index (χ4v) is 3.00. The summed E-state index contributed by atoms with van der Waals surface area (Å²) in [5.41, 5.74) is 7.96. The number of aromatic nitrogens is 3. The molecular formula is C12H15BrN4OS. The molecule has 2 aromatic rings. The van der Waals surface area contributed by atoms with Crippen molar-refractivity contribution in [3.63, 3.8) is 0 Å². The van der Waals surface area contributed by atoms with Crippen molar-refractivity contribution in [2.24, 2.45) is 12.8 Å². The fraction of sp³-hybridized carbons (Fsp3) is 0.417. The number of ketones is 1. The Bertz CT molecular complexity index is 617. The molecule has 0 spiro atoms. The van der Waals surface area contributed by atoms with Crippen LogP contribution in [0.3, 0.4) is 0 Å². The molecule has 0 aliphatic carbocycles. The molecule has 0 bridgehead atoms. The lowest BCUT2D eigenvalue weighted by Crippen LogP contribution is -2.10. The van der Waals surface area contributed by atoms with Gasteiger partial charge in [-0.3, -0.25) is 9.48 Å². The van der Waals surface area contributed by atoms with E-state index in [0.717, 1.165) is 20.9 Å². The largest absolute Gasteiger partial charge is 0.322 e. The van der Waals surface area contributed by atoms with Gasteiger partial charge in [-0.2, -0.15) is 5.10 Å². The molecule has 102 valence electrons. The van der Waals surface area contributed by atoms with Gasteiger partial charge in [0.25, 0.3) is 0 Å². The highest BCUT2D eigenvalue weighted by Gasteiger charge is 2.18. The smallest absolute Gasteiger partial charge is 0.188 e. The van der Waals surface area contributed by atoms with Crippen LogP contribution in [0, 0.1) is 6.92 Å². The molecule has 2 rings (SSSR count). The van der Waals surface area contributed by atoms with Crippen LogP contribution in [0.25, 0.3) is 0 Å². The molecule has 7 heteroatoms. The van der Waals surface area contributed by atoms with Crippen LogP contribution in [0.15, 0.2) is 9.85 Å². The minimum atomic E-state index is -0.141. The Kier molecular flexibility index (Phi) is 4.17. The molecule has 0 radical (unpaired) electrons. The number of thiazole rings is 1. The number of carbonyl (C=O) groups is 1. The van der Waals surface area contributed by atoms with E-state index in [4.69, 9.17) is 5.73 Å². The molecule has 0 amide bonds. The van der Waals surface area contributed by atoms with Crippen molar-refractivity contribution in [3.8, 4) is 0 Å². The lowest BCUT2D eigenvalue weighted by molar-refractivity contribution is 0.0986. The Labute approximate surface area is 124 Å². The van der Waals surface area contributed by atoms with Gasteiger partial charge in [0.1, 0.15) is 10.7 Å². The van der Waals surface area contributed by atoms with Crippen LogP contribution in [0.5, 0.6) is 0 Å². The monoisotopic (exact) mass is 342 g/mol. The zero-order valence-corrected chi connectivity index (χ0v) is 13.4. The second kappa shape index (κ2) is 5.52. The van der Waals surface area contributed by atoms with E-state index in [2.05, 4.69) is 26.0 Å². The van der Waals surface area contributed by atoms with E-state index in [1.165, 1.54) is 11.3 Å². The zero-order valence-electron chi connectivity index (χ0n) is 11.0. The number of nitrogens with two attached hydrogens (primary N) is 1. The van der Waals surface area contributed by atoms with Crippen LogP contribution in [0.1, 0.15) is 39.8 Å². The maximum atomic E-state index is 12.2. The molecular weight excluding hydrogens is 328 g/mol. The number of hydrogen-bond acceptors (Lipinski definition) is 5. The van der Waals surface area contributed by atoms with Gasteiger partial charge in [-0.1, -0.05) is 0 Å². The molecule has 2 heterocycles. The summed E-state index contributed by atoms with van der Waals surface area (Å²) in [6.45, 7) is 3.75. The van der Waals surface area contributed by atoms with E-state index in [1.54, 1.807) is 10.1 Å². The molecule has 2 aromatic heterocycles. The maximum absolute atomic E-state index is 12.2. The Morgan fingerprint density at radius 3 is 2.79 bits per heavy atom. The molecule has 0 aliphatic rings. The molecule has 5 nitrogen and oxygen atoms in total. The highest BCUT2D eigenvalue weighted by Crippen LogP contribution is 2.23. The second-order valence-electron chi connectivity index (χ2n) is 4.43. The van der Waals surface area contributed by atoms with Gasteiger partial charge in [0.15, 0.2) is 5.78 Å². The highest BCUT2D eigenvalue weighted by molar-refractivity contribution is 9.10. The highest BCUT2D eigenvalue weighted by atomic mass is 79.9. The van der Waals surface area contributed by atoms with Crippen LogP contribution in [0.4, 0.5) is 0 Å². The first kappa shape index (κ1) is 14.4. The third kappa shape index (κ3) is 2.93. The summed E-state index contributed by atoms with van der Waals surface area (Å²) in [4.78, 5) is 16.5. The Balaban J connectivity index is 2.20. The van der Waals surface area contributed by atoms with E-state index in [-0.39, 0.29) is 18.2 Å². The standard InChI is InChI=1S/C12H15BrN4OS/c1-6(14)12-15-8(5-19-12)10(18)4-9-11(13)7(2)16-17(9)3/h5-6H,4,14H2,1-3H3. The van der Waals surface area contributed by atoms with Crippen LogP contribution >= 0.6 is 27.3 Å². The molecule has 0 saturated carbocycles. The van der Waals surface area contributed by atoms with Gasteiger partial charge in [0, 0.05) is 12.4 Å². The molecule has 0 aromatic carbocycles. The molecule has 1 unspecified atom stereocenters. The number of rotatable bonds is 4. The molecule has 2 N–H and O–H groups in total. The quantitative estimate of drug-likeness (QED) is 0.865. The van der Waals surface area contributed by atoms with Crippen LogP contribution < -0.4 is 5.73 Å². The van der Waals surface area contributed by atoms with E-state index < -0.39 is 0 Å². The Morgan fingerprint density at radius 1 is 1.63 bits per heavy atom. The second-order valence-corrected chi connectivity index (χ2v) is 6.11. The van der Waals surface area contributed by atoms with Crippen LogP contribution in [0.2, 0.25) is 0 Å². The summed E-state index contributed by atoms with van der Waals surface area (Å²) in [6.07, 6.45) is 0.278. The lowest BCUT2D eigenvalue weighted by Gasteiger charge is -2.01. The first-order valence-corrected chi connectivity index (χ1v) is 7.49. The number of aryl methyl sites for hydroxylation is 2. The fourth-order valence-electron chi connectivity index (χ4n) is 1.74. The number of nitrogens with zero attached hydrogens (tertiary/aromatic N) is 3. The SMILES string of the molecule is Cc1nn(C)c(CC(=O)c2csc(C(C)N)n2)c1Br. The average molecular weight is 343 g/mol. The van der Waals surface area contributed by atoms with Crippen LogP contribution in [-0.4, -0.2) is 20.5 Å². The summed E-state index contributed by atoms with van der Waals surface area (Å²) >= 11 is 4.88. The van der Waals surface area contributed by atoms with Crippen molar-refractivity contribution in [2.45, 2.75) is 26.3 Å². The number of Topliss-reactive ketones (excluding diaryl/α,β-unsaturated/α-hetero) is 1. The van der Waals surface area contributed by atoms with Crippen molar-refractivity contribution in [1.82, 2.24) is 14.8 Å². The van der Waals surface area contributed by atoms with Crippen molar-refractivity contribution in [3.05, 3.63) is 31.9 Å². The number of hydrogen-bond donors (Lipinski definition) is 1. The molecule has 0 saturated heterocycles. The molecule has 1 atom stereocenters. The third-order valence-electron chi connectivity index (χ3n) is 2.79. The Hall–Kier alpha value is -1.05. The van der Waals surface area contributed by atoms with Gasteiger partial charge >= 0.3 is 0 Å². The van der Waals surface area contributed by atoms with E-state index in [1.807, 2.05) is 20.9 Å². The molecule has 19 heavy (non-hydrogen) atoms. The molecule has 0 fully saturated rings. The van der Waals surface area contributed by atoms with Gasteiger partial charge in [-0.25, -0.2) is 4.98 Å². The maximum Gasteiger partial charge on any atom is 0.188 e. The summed E-state index contributed by atoms with van der Waals surface area (Å²) in [5.74, 6) is -0.0214. The van der Waals surface area contributed by atoms with Gasteiger partial charge in [0.05, 0.1) is 28.3 Å². The van der Waals surface area contributed by atoms with Crippen LogP contribution in [-0.2, 0) is 13.5 Å². The third-order valence-corrected chi connectivity index (χ3v) is 4.86. The van der Waals surface area contributed by atoms with Gasteiger partial charge in [-0.15, -0.1) is 11.3 Å². The first-order chi connectivity index (χ1) is 8.90. The number of carbonyl (C=O) groups excluding carboxylic acids is 1. The first-order valence-electron chi connectivity index (χ1n) is 5.82. The van der Waals surface area contributed by atoms with Gasteiger partial charge < -0.3 is 5.73 Å². The predicted molar refractivity (Wildman–Crippen MR) is 78.4 cm³/mol. The van der Waals surface area contributed by atoms with E-state index >= 15 is 0 Å². The van der Waals surface area contributed by atoms with Gasteiger partial charge in [-0.05, 0) is 29.8 Å². The summed E-state index contributed by atoms with van der Waals surface area (Å²) in [5, 5.41) is 6.81. The van der Waals surface area contributed by atoms with Crippen molar-refractivity contribution in [2.75, 3.05) is 0 Å². The lowest BCUT2D eigenvalue weighted by atomic mass is 10.2. The van der Waals surface area contributed by atoms with Crippen molar-refractivity contribution >= 4 is 33.0 Å². The van der Waals surface area contributed by atoms with Crippen molar-refractivity contribution < 1.29 is 4.79 Å².